The zero-order valence-electron chi connectivity index (χ0n) is 10.3. The standard InChI is InChI=1S/C14H19NO2/c1-10-6-13-14(17-9-16-13)8-12(10)7-11-2-4-15-5-3-11/h6,8,11,15H,2-5,7,9H2,1H3. The third kappa shape index (κ3) is 2.25. The van der Waals surface area contributed by atoms with E-state index in [1.54, 1.807) is 0 Å². The van der Waals surface area contributed by atoms with Gasteiger partial charge in [0.1, 0.15) is 0 Å². The van der Waals surface area contributed by atoms with Crippen molar-refractivity contribution in [2.45, 2.75) is 26.2 Å². The summed E-state index contributed by atoms with van der Waals surface area (Å²) in [5.41, 5.74) is 2.74. The summed E-state index contributed by atoms with van der Waals surface area (Å²) in [6.45, 7) is 4.85. The summed E-state index contributed by atoms with van der Waals surface area (Å²) in [6, 6.07) is 4.28. The van der Waals surface area contributed by atoms with Crippen LogP contribution in [0.4, 0.5) is 0 Å². The Morgan fingerprint density at radius 1 is 1.18 bits per heavy atom. The van der Waals surface area contributed by atoms with Gasteiger partial charge in [-0.1, -0.05) is 0 Å². The van der Waals surface area contributed by atoms with Crippen molar-refractivity contribution in [3.05, 3.63) is 23.3 Å². The molecule has 1 N–H and O–H groups in total. The minimum absolute atomic E-state index is 0.367. The number of aryl methyl sites for hydroxylation is 1. The number of rotatable bonds is 2. The van der Waals surface area contributed by atoms with Crippen LogP contribution in [0.3, 0.4) is 0 Å². The molecule has 0 aliphatic carbocycles. The van der Waals surface area contributed by atoms with Crippen LogP contribution in [0.5, 0.6) is 11.5 Å². The third-order valence-corrected chi connectivity index (χ3v) is 3.80. The Morgan fingerprint density at radius 3 is 2.65 bits per heavy atom. The maximum absolute atomic E-state index is 5.45. The van der Waals surface area contributed by atoms with Crippen molar-refractivity contribution in [1.29, 1.82) is 0 Å². The van der Waals surface area contributed by atoms with Gasteiger partial charge in [0.15, 0.2) is 11.5 Å². The molecule has 0 amide bonds. The lowest BCUT2D eigenvalue weighted by atomic mass is 9.89. The molecule has 0 bridgehead atoms. The van der Waals surface area contributed by atoms with E-state index in [0.717, 1.165) is 30.5 Å². The first-order valence-corrected chi connectivity index (χ1v) is 6.43. The van der Waals surface area contributed by atoms with Gasteiger partial charge in [0.05, 0.1) is 0 Å². The van der Waals surface area contributed by atoms with Gasteiger partial charge < -0.3 is 14.8 Å². The lowest BCUT2D eigenvalue weighted by molar-refractivity contribution is 0.174. The number of benzene rings is 1. The van der Waals surface area contributed by atoms with Crippen molar-refractivity contribution < 1.29 is 9.47 Å². The number of hydrogen-bond donors (Lipinski definition) is 1. The number of nitrogens with one attached hydrogen (secondary N) is 1. The summed E-state index contributed by atoms with van der Waals surface area (Å²) in [6.07, 6.45) is 3.74. The largest absolute Gasteiger partial charge is 0.454 e. The van der Waals surface area contributed by atoms with Crippen LogP contribution in [0.15, 0.2) is 12.1 Å². The molecule has 0 saturated carbocycles. The summed E-state index contributed by atoms with van der Waals surface area (Å²) in [5.74, 6) is 2.63. The molecule has 1 aromatic rings. The lowest BCUT2D eigenvalue weighted by Gasteiger charge is -2.23. The molecule has 3 nitrogen and oxygen atoms in total. The fraction of sp³-hybridized carbons (Fsp3) is 0.571. The fourth-order valence-electron chi connectivity index (χ4n) is 2.70. The minimum atomic E-state index is 0.367. The molecule has 0 radical (unpaired) electrons. The predicted octanol–water partition coefficient (Wildman–Crippen LogP) is 2.27. The van der Waals surface area contributed by atoms with Crippen LogP contribution in [0.2, 0.25) is 0 Å². The highest BCUT2D eigenvalue weighted by molar-refractivity contribution is 5.48. The molecule has 0 spiro atoms. The molecule has 1 saturated heterocycles. The molecule has 0 aromatic heterocycles. The molecule has 1 aromatic carbocycles. The van der Waals surface area contributed by atoms with E-state index in [1.165, 1.54) is 30.4 Å². The molecule has 2 heterocycles. The molecule has 3 rings (SSSR count). The third-order valence-electron chi connectivity index (χ3n) is 3.80. The van der Waals surface area contributed by atoms with Crippen molar-refractivity contribution in [2.24, 2.45) is 5.92 Å². The second-order valence-corrected chi connectivity index (χ2v) is 5.03. The van der Waals surface area contributed by atoms with E-state index in [2.05, 4.69) is 24.4 Å². The normalized spacial score (nSPS) is 19.6. The van der Waals surface area contributed by atoms with Crippen LogP contribution in [0.25, 0.3) is 0 Å². The van der Waals surface area contributed by atoms with Crippen LogP contribution in [-0.2, 0) is 6.42 Å². The summed E-state index contributed by atoms with van der Waals surface area (Å²) in [5, 5.41) is 3.41. The smallest absolute Gasteiger partial charge is 0.231 e. The van der Waals surface area contributed by atoms with Crippen molar-refractivity contribution in [3.8, 4) is 11.5 Å². The maximum atomic E-state index is 5.45. The average Bonchev–Trinajstić information content (AvgIpc) is 2.78. The maximum Gasteiger partial charge on any atom is 0.231 e. The van der Waals surface area contributed by atoms with Crippen LogP contribution in [0, 0.1) is 12.8 Å². The molecule has 2 aliphatic heterocycles. The Balaban J connectivity index is 1.78. The van der Waals surface area contributed by atoms with Crippen LogP contribution in [0.1, 0.15) is 24.0 Å². The number of ether oxygens (including phenoxy) is 2. The lowest BCUT2D eigenvalue weighted by Crippen LogP contribution is -2.28. The van der Waals surface area contributed by atoms with Gasteiger partial charge in [0, 0.05) is 0 Å². The quantitative estimate of drug-likeness (QED) is 0.850. The number of fused-ring (bicyclic) bond motifs is 1. The molecule has 92 valence electrons. The number of piperidine rings is 1. The fourth-order valence-corrected chi connectivity index (χ4v) is 2.70. The first-order chi connectivity index (χ1) is 8.33. The minimum Gasteiger partial charge on any atom is -0.454 e. The summed E-state index contributed by atoms with van der Waals surface area (Å²) >= 11 is 0. The summed E-state index contributed by atoms with van der Waals surface area (Å²) < 4.78 is 10.8. The van der Waals surface area contributed by atoms with Crippen LogP contribution < -0.4 is 14.8 Å². The average molecular weight is 233 g/mol. The Hall–Kier alpha value is -1.22. The molecule has 2 aliphatic rings. The zero-order chi connectivity index (χ0) is 11.7. The van der Waals surface area contributed by atoms with Gasteiger partial charge >= 0.3 is 0 Å². The van der Waals surface area contributed by atoms with Gasteiger partial charge in [0.25, 0.3) is 0 Å². The second-order valence-electron chi connectivity index (χ2n) is 5.03. The van der Waals surface area contributed by atoms with E-state index in [4.69, 9.17) is 9.47 Å². The van der Waals surface area contributed by atoms with E-state index in [1.807, 2.05) is 0 Å². The first kappa shape index (κ1) is 10.9. The Kier molecular flexibility index (Phi) is 2.93. The van der Waals surface area contributed by atoms with Gasteiger partial charge in [-0.25, -0.2) is 0 Å². The molecule has 0 unspecified atom stereocenters. The van der Waals surface area contributed by atoms with Gasteiger partial charge in [-0.15, -0.1) is 0 Å². The van der Waals surface area contributed by atoms with Gasteiger partial charge in [-0.3, -0.25) is 0 Å². The molecule has 3 heteroatoms. The second kappa shape index (κ2) is 4.57. The van der Waals surface area contributed by atoms with E-state index in [9.17, 15) is 0 Å². The molecule has 0 atom stereocenters. The Morgan fingerprint density at radius 2 is 1.88 bits per heavy atom. The Labute approximate surface area is 102 Å². The highest BCUT2D eigenvalue weighted by Gasteiger charge is 2.19. The SMILES string of the molecule is Cc1cc2c(cc1CC1CCNCC1)OCO2. The monoisotopic (exact) mass is 233 g/mol. The molecule has 1 fully saturated rings. The van der Waals surface area contributed by atoms with Crippen molar-refractivity contribution in [2.75, 3.05) is 19.9 Å². The van der Waals surface area contributed by atoms with E-state index >= 15 is 0 Å². The van der Waals surface area contributed by atoms with Crippen LogP contribution >= 0.6 is 0 Å². The van der Waals surface area contributed by atoms with Crippen LogP contribution in [-0.4, -0.2) is 19.9 Å². The summed E-state index contributed by atoms with van der Waals surface area (Å²) in [4.78, 5) is 0. The predicted molar refractivity (Wildman–Crippen MR) is 66.6 cm³/mol. The summed E-state index contributed by atoms with van der Waals surface area (Å²) in [7, 11) is 0. The Bertz CT molecular complexity index is 411. The first-order valence-electron chi connectivity index (χ1n) is 6.43. The van der Waals surface area contributed by atoms with Crippen molar-refractivity contribution in [1.82, 2.24) is 5.32 Å². The molecule has 17 heavy (non-hydrogen) atoms. The van der Waals surface area contributed by atoms with E-state index < -0.39 is 0 Å². The van der Waals surface area contributed by atoms with Gasteiger partial charge in [-0.05, 0) is 68.5 Å². The van der Waals surface area contributed by atoms with E-state index in [0.29, 0.717) is 6.79 Å². The van der Waals surface area contributed by atoms with E-state index in [-0.39, 0.29) is 0 Å². The highest BCUT2D eigenvalue weighted by Crippen LogP contribution is 2.35. The van der Waals surface area contributed by atoms with Crippen molar-refractivity contribution >= 4 is 0 Å². The number of hydrogen-bond acceptors (Lipinski definition) is 3. The highest BCUT2D eigenvalue weighted by atomic mass is 16.7. The van der Waals surface area contributed by atoms with Gasteiger partial charge in [-0.2, -0.15) is 0 Å². The van der Waals surface area contributed by atoms with Crippen molar-refractivity contribution in [3.63, 3.8) is 0 Å². The molecular weight excluding hydrogens is 214 g/mol. The topological polar surface area (TPSA) is 30.5 Å². The van der Waals surface area contributed by atoms with Gasteiger partial charge in [0.2, 0.25) is 6.79 Å². The zero-order valence-corrected chi connectivity index (χ0v) is 10.3. The molecular formula is C14H19NO2.